The van der Waals surface area contributed by atoms with Gasteiger partial charge in [-0.1, -0.05) is 0 Å². The lowest BCUT2D eigenvalue weighted by molar-refractivity contribution is 0.141. The van der Waals surface area contributed by atoms with Gasteiger partial charge >= 0.3 is 0 Å². The summed E-state index contributed by atoms with van der Waals surface area (Å²) < 4.78 is 18.3. The van der Waals surface area contributed by atoms with E-state index in [-0.39, 0.29) is 11.9 Å². The van der Waals surface area contributed by atoms with E-state index in [0.717, 1.165) is 31.6 Å². The molecular formula is C12H19FN2O. The van der Waals surface area contributed by atoms with E-state index >= 15 is 0 Å². The molecule has 0 amide bonds. The first-order valence-corrected chi connectivity index (χ1v) is 5.63. The number of pyridine rings is 1. The molecule has 0 radical (unpaired) electrons. The Hall–Kier alpha value is -1.00. The van der Waals surface area contributed by atoms with Gasteiger partial charge in [-0.05, 0) is 38.4 Å². The Labute approximate surface area is 96.0 Å². The summed E-state index contributed by atoms with van der Waals surface area (Å²) >= 11 is 0. The maximum Gasteiger partial charge on any atom is 0.141 e. The molecule has 0 saturated heterocycles. The van der Waals surface area contributed by atoms with Gasteiger partial charge in [0.1, 0.15) is 5.82 Å². The fraction of sp³-hybridized carbons (Fsp3) is 0.583. The minimum atomic E-state index is -0.289. The summed E-state index contributed by atoms with van der Waals surface area (Å²) in [5, 5.41) is 3.16. The van der Waals surface area contributed by atoms with Gasteiger partial charge in [0.25, 0.3) is 0 Å². The Kier molecular flexibility index (Phi) is 5.96. The lowest BCUT2D eigenvalue weighted by atomic mass is 10.0. The predicted molar refractivity (Wildman–Crippen MR) is 61.7 cm³/mol. The van der Waals surface area contributed by atoms with E-state index in [1.165, 1.54) is 12.3 Å². The van der Waals surface area contributed by atoms with Crippen molar-refractivity contribution >= 4 is 0 Å². The molecule has 0 aliphatic carbocycles. The van der Waals surface area contributed by atoms with Gasteiger partial charge in [-0.15, -0.1) is 0 Å². The predicted octanol–water partition coefficient (Wildman–Crippen LogP) is 2.30. The van der Waals surface area contributed by atoms with Gasteiger partial charge in [-0.3, -0.25) is 4.98 Å². The van der Waals surface area contributed by atoms with Gasteiger partial charge < -0.3 is 10.1 Å². The first-order valence-electron chi connectivity index (χ1n) is 5.63. The second-order valence-corrected chi connectivity index (χ2v) is 3.62. The van der Waals surface area contributed by atoms with Gasteiger partial charge in [-0.25, -0.2) is 4.39 Å². The molecular weight excluding hydrogens is 207 g/mol. The Morgan fingerprint density at radius 1 is 1.50 bits per heavy atom. The zero-order valence-electron chi connectivity index (χ0n) is 9.87. The molecule has 1 heterocycles. The molecule has 0 bridgehead atoms. The van der Waals surface area contributed by atoms with Crippen LogP contribution in [0.4, 0.5) is 4.39 Å². The van der Waals surface area contributed by atoms with Crippen molar-refractivity contribution in [2.75, 3.05) is 20.3 Å². The van der Waals surface area contributed by atoms with Crippen LogP contribution < -0.4 is 5.32 Å². The number of hydrogen-bond donors (Lipinski definition) is 1. The first-order chi connectivity index (χ1) is 7.77. The molecule has 0 saturated carbocycles. The normalized spacial score (nSPS) is 12.7. The molecule has 1 atom stereocenters. The third kappa shape index (κ3) is 4.24. The van der Waals surface area contributed by atoms with Gasteiger partial charge in [0.15, 0.2) is 0 Å². The molecule has 0 aliphatic heterocycles. The average Bonchev–Trinajstić information content (AvgIpc) is 2.29. The van der Waals surface area contributed by atoms with E-state index < -0.39 is 0 Å². The van der Waals surface area contributed by atoms with E-state index in [4.69, 9.17) is 4.74 Å². The molecule has 16 heavy (non-hydrogen) atoms. The highest BCUT2D eigenvalue weighted by Gasteiger charge is 2.09. The molecule has 1 aromatic heterocycles. The van der Waals surface area contributed by atoms with Crippen LogP contribution >= 0.6 is 0 Å². The van der Waals surface area contributed by atoms with Crippen LogP contribution in [0.3, 0.4) is 0 Å². The average molecular weight is 226 g/mol. The van der Waals surface area contributed by atoms with E-state index in [2.05, 4.69) is 10.3 Å². The van der Waals surface area contributed by atoms with Crippen LogP contribution in [0.1, 0.15) is 31.4 Å². The summed E-state index contributed by atoms with van der Waals surface area (Å²) in [7, 11) is 1.87. The van der Waals surface area contributed by atoms with Crippen LogP contribution in [-0.4, -0.2) is 25.2 Å². The van der Waals surface area contributed by atoms with Crippen LogP contribution in [0.5, 0.6) is 0 Å². The van der Waals surface area contributed by atoms with Crippen LogP contribution in [0, 0.1) is 5.82 Å². The number of ether oxygens (including phenoxy) is 1. The van der Waals surface area contributed by atoms with Crippen LogP contribution in [0.15, 0.2) is 18.5 Å². The van der Waals surface area contributed by atoms with Gasteiger partial charge in [0, 0.05) is 25.5 Å². The third-order valence-electron chi connectivity index (χ3n) is 2.46. The zero-order chi connectivity index (χ0) is 11.8. The molecule has 4 heteroatoms. The second kappa shape index (κ2) is 7.30. The molecule has 1 N–H and O–H groups in total. The van der Waals surface area contributed by atoms with Gasteiger partial charge in [0.2, 0.25) is 0 Å². The quantitative estimate of drug-likeness (QED) is 0.724. The van der Waals surface area contributed by atoms with Crippen molar-refractivity contribution < 1.29 is 9.13 Å². The smallest absolute Gasteiger partial charge is 0.141 e. The third-order valence-corrected chi connectivity index (χ3v) is 2.46. The molecule has 0 fully saturated rings. The molecule has 1 aromatic rings. The maximum absolute atomic E-state index is 13.0. The molecule has 0 aliphatic rings. The SMILES string of the molecule is CCOCCCC(NC)c1cncc(F)c1. The molecule has 1 rings (SSSR count). The summed E-state index contributed by atoms with van der Waals surface area (Å²) in [5.74, 6) is -0.289. The van der Waals surface area contributed by atoms with Crippen molar-refractivity contribution in [2.45, 2.75) is 25.8 Å². The molecule has 3 nitrogen and oxygen atoms in total. The summed E-state index contributed by atoms with van der Waals surface area (Å²) in [5.41, 5.74) is 0.888. The molecule has 0 aromatic carbocycles. The van der Waals surface area contributed by atoms with E-state index in [9.17, 15) is 4.39 Å². The maximum atomic E-state index is 13.0. The highest BCUT2D eigenvalue weighted by atomic mass is 19.1. The topological polar surface area (TPSA) is 34.1 Å². The Morgan fingerprint density at radius 3 is 2.94 bits per heavy atom. The number of hydrogen-bond acceptors (Lipinski definition) is 3. The highest BCUT2D eigenvalue weighted by Crippen LogP contribution is 2.17. The molecule has 1 unspecified atom stereocenters. The molecule has 0 spiro atoms. The summed E-state index contributed by atoms with van der Waals surface area (Å²) in [6.07, 6.45) is 4.79. The standard InChI is InChI=1S/C12H19FN2O/c1-3-16-6-4-5-12(14-2)10-7-11(13)9-15-8-10/h7-9,12,14H,3-6H2,1-2H3. The van der Waals surface area contributed by atoms with Crippen molar-refractivity contribution in [3.05, 3.63) is 29.8 Å². The number of halogens is 1. The monoisotopic (exact) mass is 226 g/mol. The number of aromatic nitrogens is 1. The summed E-state index contributed by atoms with van der Waals surface area (Å²) in [6.45, 7) is 3.47. The lowest BCUT2D eigenvalue weighted by Gasteiger charge is -2.16. The van der Waals surface area contributed by atoms with E-state index in [1.54, 1.807) is 6.20 Å². The zero-order valence-corrected chi connectivity index (χ0v) is 9.87. The van der Waals surface area contributed by atoms with Crippen molar-refractivity contribution in [2.24, 2.45) is 0 Å². The van der Waals surface area contributed by atoms with Crippen molar-refractivity contribution in [1.82, 2.24) is 10.3 Å². The van der Waals surface area contributed by atoms with Crippen LogP contribution in [0.25, 0.3) is 0 Å². The Balaban J connectivity index is 2.47. The number of nitrogens with one attached hydrogen (secondary N) is 1. The Morgan fingerprint density at radius 2 is 2.31 bits per heavy atom. The van der Waals surface area contributed by atoms with Crippen molar-refractivity contribution in [1.29, 1.82) is 0 Å². The van der Waals surface area contributed by atoms with Crippen LogP contribution in [-0.2, 0) is 4.74 Å². The fourth-order valence-electron chi connectivity index (χ4n) is 1.63. The highest BCUT2D eigenvalue weighted by molar-refractivity contribution is 5.14. The van der Waals surface area contributed by atoms with Crippen LogP contribution in [0.2, 0.25) is 0 Å². The molecule has 90 valence electrons. The first kappa shape index (κ1) is 13.1. The van der Waals surface area contributed by atoms with Crippen molar-refractivity contribution in [3.63, 3.8) is 0 Å². The minimum absolute atomic E-state index is 0.142. The van der Waals surface area contributed by atoms with E-state index in [0.29, 0.717) is 0 Å². The van der Waals surface area contributed by atoms with Gasteiger partial charge in [-0.2, -0.15) is 0 Å². The fourth-order valence-corrected chi connectivity index (χ4v) is 1.63. The summed E-state index contributed by atoms with van der Waals surface area (Å²) in [4.78, 5) is 3.85. The van der Waals surface area contributed by atoms with Crippen molar-refractivity contribution in [3.8, 4) is 0 Å². The largest absolute Gasteiger partial charge is 0.382 e. The number of rotatable bonds is 7. The Bertz CT molecular complexity index is 307. The number of nitrogens with zero attached hydrogens (tertiary/aromatic N) is 1. The summed E-state index contributed by atoms with van der Waals surface area (Å²) in [6, 6.07) is 1.66. The van der Waals surface area contributed by atoms with E-state index in [1.807, 2.05) is 14.0 Å². The second-order valence-electron chi connectivity index (χ2n) is 3.62. The minimum Gasteiger partial charge on any atom is -0.382 e. The lowest BCUT2D eigenvalue weighted by Crippen LogP contribution is -2.17. The van der Waals surface area contributed by atoms with Gasteiger partial charge in [0.05, 0.1) is 6.20 Å².